The molecule has 0 atom stereocenters. The first-order valence-electron chi connectivity index (χ1n) is 4.24. The third-order valence-electron chi connectivity index (χ3n) is 1.32. The molecule has 0 saturated carbocycles. The second kappa shape index (κ2) is 6.23. The van der Waals surface area contributed by atoms with Crippen molar-refractivity contribution in [1.29, 1.82) is 0 Å². The second-order valence-electron chi connectivity index (χ2n) is 3.03. The molecule has 0 spiro atoms. The maximum Gasteiger partial charge on any atom is 0.327 e. The van der Waals surface area contributed by atoms with Gasteiger partial charge in [0.05, 0.1) is 0 Å². The quantitative estimate of drug-likeness (QED) is 0.420. The number of halogens is 4. The summed E-state index contributed by atoms with van der Waals surface area (Å²) in [6.07, 6.45) is -4.96. The molecule has 19 heavy (non-hydrogen) atoms. The van der Waals surface area contributed by atoms with Gasteiger partial charge in [-0.25, -0.2) is 0 Å². The molecular formula is C7H8F4O6S2. The fourth-order valence-corrected chi connectivity index (χ4v) is 3.36. The molecule has 0 N–H and O–H groups in total. The normalized spacial score (nSPS) is 11.7. The van der Waals surface area contributed by atoms with Crippen molar-refractivity contribution in [2.45, 2.75) is 13.8 Å². The summed E-state index contributed by atoms with van der Waals surface area (Å²) in [6, 6.07) is 0. The Morgan fingerprint density at radius 3 is 1.26 bits per heavy atom. The van der Waals surface area contributed by atoms with Crippen molar-refractivity contribution in [1.82, 2.24) is 0 Å². The first-order chi connectivity index (χ1) is 8.36. The van der Waals surface area contributed by atoms with Gasteiger partial charge < -0.3 is 8.37 Å². The summed E-state index contributed by atoms with van der Waals surface area (Å²) in [5.74, 6) is -2.67. The topological polar surface area (TPSA) is 86.7 Å². The van der Waals surface area contributed by atoms with E-state index in [1.807, 2.05) is 0 Å². The fourth-order valence-electron chi connectivity index (χ4n) is 0.669. The highest BCUT2D eigenvalue weighted by molar-refractivity contribution is 8.03. The van der Waals surface area contributed by atoms with E-state index in [0.29, 0.717) is 13.8 Å². The Kier molecular flexibility index (Phi) is 5.81. The molecule has 12 heteroatoms. The lowest BCUT2D eigenvalue weighted by Gasteiger charge is -2.08. The summed E-state index contributed by atoms with van der Waals surface area (Å²) in [4.78, 5) is 0. The highest BCUT2D eigenvalue weighted by Crippen LogP contribution is 2.16. The molecule has 6 nitrogen and oxygen atoms in total. The largest absolute Gasteiger partial charge is 0.381 e. The van der Waals surface area contributed by atoms with E-state index >= 15 is 0 Å². The van der Waals surface area contributed by atoms with E-state index in [4.69, 9.17) is 0 Å². The fraction of sp³-hybridized carbons (Fsp3) is 0.429. The van der Waals surface area contributed by atoms with E-state index in [9.17, 15) is 34.4 Å². The minimum atomic E-state index is -4.97. The van der Waals surface area contributed by atoms with Crippen molar-refractivity contribution in [2.75, 3.05) is 5.08 Å². The van der Waals surface area contributed by atoms with E-state index in [1.54, 1.807) is 0 Å². The predicted molar refractivity (Wildman–Crippen MR) is 54.7 cm³/mol. The average Bonchev–Trinajstić information content (AvgIpc) is 2.13. The number of hydrogen-bond acceptors (Lipinski definition) is 6. The lowest BCUT2D eigenvalue weighted by Crippen LogP contribution is -2.20. The SMILES string of the molecule is CC(OS(=O)(=O)CS(=O)(=O)OC(C)=C(F)F)=C(F)F. The lowest BCUT2D eigenvalue weighted by molar-refractivity contribution is 0.324. The highest BCUT2D eigenvalue weighted by atomic mass is 32.3. The van der Waals surface area contributed by atoms with Gasteiger partial charge >= 0.3 is 32.4 Å². The van der Waals surface area contributed by atoms with E-state index in [1.165, 1.54) is 0 Å². The van der Waals surface area contributed by atoms with Crippen LogP contribution in [0.3, 0.4) is 0 Å². The van der Waals surface area contributed by atoms with Crippen LogP contribution >= 0.6 is 0 Å². The third-order valence-corrected chi connectivity index (χ3v) is 4.64. The minimum absolute atomic E-state index is 0.576. The smallest absolute Gasteiger partial charge is 0.327 e. The Hall–Kier alpha value is -1.30. The Labute approximate surface area is 106 Å². The third kappa shape index (κ3) is 7.00. The van der Waals surface area contributed by atoms with Crippen LogP contribution in [-0.4, -0.2) is 21.9 Å². The first-order valence-corrected chi connectivity index (χ1v) is 7.40. The zero-order chi connectivity index (χ0) is 15.4. The van der Waals surface area contributed by atoms with Gasteiger partial charge in [-0.2, -0.15) is 34.4 Å². The molecular weight excluding hydrogens is 320 g/mol. The van der Waals surface area contributed by atoms with Gasteiger partial charge in [0.2, 0.25) is 5.08 Å². The molecule has 0 rings (SSSR count). The molecule has 0 fully saturated rings. The van der Waals surface area contributed by atoms with Gasteiger partial charge in [-0.15, -0.1) is 0 Å². The molecule has 112 valence electrons. The Balaban J connectivity index is 5.05. The van der Waals surface area contributed by atoms with E-state index < -0.39 is 49.0 Å². The summed E-state index contributed by atoms with van der Waals surface area (Å²) in [5, 5.41) is -1.89. The summed E-state index contributed by atoms with van der Waals surface area (Å²) >= 11 is 0. The maximum absolute atomic E-state index is 11.9. The monoisotopic (exact) mass is 328 g/mol. The Morgan fingerprint density at radius 2 is 1.05 bits per heavy atom. The molecule has 0 amide bonds. The van der Waals surface area contributed by atoms with E-state index in [0.717, 1.165) is 0 Å². The van der Waals surface area contributed by atoms with Crippen LogP contribution in [-0.2, 0) is 28.6 Å². The van der Waals surface area contributed by atoms with Crippen molar-refractivity contribution in [3.63, 3.8) is 0 Å². The van der Waals surface area contributed by atoms with Crippen molar-refractivity contribution >= 4 is 20.2 Å². The predicted octanol–water partition coefficient (Wildman–Crippen LogP) is 1.89. The summed E-state index contributed by atoms with van der Waals surface area (Å²) in [5.41, 5.74) is 0. The highest BCUT2D eigenvalue weighted by Gasteiger charge is 2.27. The van der Waals surface area contributed by atoms with Gasteiger partial charge in [0.1, 0.15) is 0 Å². The van der Waals surface area contributed by atoms with Crippen LogP contribution in [0, 0.1) is 0 Å². The molecule has 0 saturated heterocycles. The van der Waals surface area contributed by atoms with Crippen LogP contribution in [0.4, 0.5) is 17.6 Å². The Morgan fingerprint density at radius 1 is 0.789 bits per heavy atom. The van der Waals surface area contributed by atoms with Crippen molar-refractivity contribution in [2.24, 2.45) is 0 Å². The number of allylic oxidation sites excluding steroid dienone is 2. The zero-order valence-electron chi connectivity index (χ0n) is 9.48. The second-order valence-corrected chi connectivity index (χ2v) is 6.54. The number of hydrogen-bond donors (Lipinski definition) is 0. The van der Waals surface area contributed by atoms with Crippen molar-refractivity contribution in [3.8, 4) is 0 Å². The zero-order valence-corrected chi connectivity index (χ0v) is 11.1. The first kappa shape index (κ1) is 17.7. The van der Waals surface area contributed by atoms with E-state index in [-0.39, 0.29) is 0 Å². The van der Waals surface area contributed by atoms with Gasteiger partial charge in [0.15, 0.2) is 11.5 Å². The number of rotatable bonds is 6. The minimum Gasteiger partial charge on any atom is -0.381 e. The summed E-state index contributed by atoms with van der Waals surface area (Å²) < 4.78 is 99.3. The van der Waals surface area contributed by atoms with E-state index in [2.05, 4.69) is 8.37 Å². The van der Waals surface area contributed by atoms with Gasteiger partial charge in [-0.1, -0.05) is 0 Å². The van der Waals surface area contributed by atoms with Gasteiger partial charge in [0.25, 0.3) is 0 Å². The van der Waals surface area contributed by atoms with Crippen LogP contribution in [0.15, 0.2) is 23.7 Å². The molecule has 0 aliphatic carbocycles. The molecule has 0 unspecified atom stereocenters. The molecule has 0 heterocycles. The Bertz CT molecular complexity index is 541. The van der Waals surface area contributed by atoms with Crippen LogP contribution in [0.2, 0.25) is 0 Å². The summed E-state index contributed by atoms with van der Waals surface area (Å²) in [7, 11) is -9.95. The standard InChI is InChI=1S/C7H8F4O6S2/c1-4(6(8)9)16-18(12,13)3-19(14,15)17-5(2)7(10)11/h3H2,1-2H3. The molecule has 0 aromatic carbocycles. The van der Waals surface area contributed by atoms with Crippen molar-refractivity contribution in [3.05, 3.63) is 23.7 Å². The van der Waals surface area contributed by atoms with Crippen LogP contribution in [0.25, 0.3) is 0 Å². The van der Waals surface area contributed by atoms with Gasteiger partial charge in [0, 0.05) is 13.8 Å². The van der Waals surface area contributed by atoms with Crippen LogP contribution in [0.1, 0.15) is 13.8 Å². The molecule has 0 bridgehead atoms. The van der Waals surface area contributed by atoms with Crippen molar-refractivity contribution < 1.29 is 42.8 Å². The maximum atomic E-state index is 11.9. The molecule has 0 aromatic heterocycles. The molecule has 0 aliphatic heterocycles. The van der Waals surface area contributed by atoms with Gasteiger partial charge in [-0.3, -0.25) is 0 Å². The van der Waals surface area contributed by atoms with Crippen LogP contribution in [0.5, 0.6) is 0 Å². The van der Waals surface area contributed by atoms with Crippen LogP contribution < -0.4 is 0 Å². The lowest BCUT2D eigenvalue weighted by atomic mass is 10.6. The summed E-state index contributed by atoms with van der Waals surface area (Å²) in [6.45, 7) is 1.15. The molecule has 0 radical (unpaired) electrons. The van der Waals surface area contributed by atoms with Gasteiger partial charge in [-0.05, 0) is 0 Å². The average molecular weight is 328 g/mol. The molecule has 0 aliphatic rings. The molecule has 0 aromatic rings.